The van der Waals surface area contributed by atoms with Gasteiger partial charge in [-0.1, -0.05) is 0 Å². The Morgan fingerprint density at radius 3 is 1.57 bits per heavy atom. The summed E-state index contributed by atoms with van der Waals surface area (Å²) in [5, 5.41) is 12.6. The van der Waals surface area contributed by atoms with Crippen molar-refractivity contribution in [2.75, 3.05) is 27.3 Å². The molecular weight excluding hydrogens is 482 g/mol. The average Bonchev–Trinajstić information content (AvgIpc) is 2.81. The Hall–Kier alpha value is -2.73. The minimum Gasteiger partial charge on any atom is -0.375 e. The number of nitrogens with one attached hydrogen (secondary N) is 5. The molecule has 0 bridgehead atoms. The number of carbonyl (C=O) groups excluding carboxylic acids is 5. The summed E-state index contributed by atoms with van der Waals surface area (Å²) in [7, 11) is 3.06. The number of ether oxygens (including phenoxy) is 2. The zero-order chi connectivity index (χ0) is 28.8. The van der Waals surface area contributed by atoms with Gasteiger partial charge in [0.15, 0.2) is 0 Å². The Morgan fingerprint density at radius 2 is 1.05 bits per heavy atom. The van der Waals surface area contributed by atoms with Crippen LogP contribution in [0, 0.1) is 0 Å². The van der Waals surface area contributed by atoms with Crippen LogP contribution in [0.3, 0.4) is 0 Å². The molecule has 214 valence electrons. The first-order chi connectivity index (χ1) is 17.0. The molecule has 12 heteroatoms. The number of rotatable bonds is 17. The summed E-state index contributed by atoms with van der Waals surface area (Å²) in [6, 6.07) is -2.50. The van der Waals surface area contributed by atoms with E-state index in [-0.39, 0.29) is 30.7 Å². The van der Waals surface area contributed by atoms with Gasteiger partial charge in [-0.25, -0.2) is 0 Å². The highest BCUT2D eigenvalue weighted by Gasteiger charge is 2.25. The lowest BCUT2D eigenvalue weighted by molar-refractivity contribution is -0.133. The molecule has 12 nitrogen and oxygen atoms in total. The minimum atomic E-state index is -0.890. The zero-order valence-corrected chi connectivity index (χ0v) is 23.8. The van der Waals surface area contributed by atoms with Gasteiger partial charge in [-0.05, 0) is 61.3 Å². The normalized spacial score (nSPS) is 14.1. The minimum absolute atomic E-state index is 0.0297. The molecule has 0 aromatic rings. The topological polar surface area (TPSA) is 164 Å². The van der Waals surface area contributed by atoms with Crippen LogP contribution < -0.4 is 26.6 Å². The summed E-state index contributed by atoms with van der Waals surface area (Å²) < 4.78 is 11.8. The summed E-state index contributed by atoms with van der Waals surface area (Å²) in [6.07, 6.45) is 1.63. The van der Waals surface area contributed by atoms with Crippen LogP contribution in [0.5, 0.6) is 0 Å². The molecule has 5 amide bonds. The molecular formula is C25H47N5O7. The van der Waals surface area contributed by atoms with Gasteiger partial charge in [0, 0.05) is 20.5 Å². The van der Waals surface area contributed by atoms with Crippen LogP contribution in [-0.2, 0) is 33.4 Å². The Kier molecular flexibility index (Phi) is 15.0. The second-order valence-corrected chi connectivity index (χ2v) is 10.3. The maximum Gasteiger partial charge on any atom is 0.242 e. The molecule has 0 aromatic heterocycles. The smallest absolute Gasteiger partial charge is 0.242 e. The molecule has 5 N–H and O–H groups in total. The monoisotopic (exact) mass is 529 g/mol. The second kappa shape index (κ2) is 16.2. The molecule has 37 heavy (non-hydrogen) atoms. The van der Waals surface area contributed by atoms with Crippen LogP contribution in [0.2, 0.25) is 0 Å². The van der Waals surface area contributed by atoms with Crippen LogP contribution in [0.25, 0.3) is 0 Å². The lowest BCUT2D eigenvalue weighted by Gasteiger charge is -2.29. The van der Waals surface area contributed by atoms with Gasteiger partial charge in [0.05, 0.1) is 30.8 Å². The van der Waals surface area contributed by atoms with E-state index in [1.165, 1.54) is 27.8 Å². The summed E-state index contributed by atoms with van der Waals surface area (Å²) in [5.41, 5.74) is -0.978. The van der Waals surface area contributed by atoms with E-state index in [2.05, 4.69) is 26.6 Å². The fourth-order valence-electron chi connectivity index (χ4n) is 3.08. The summed E-state index contributed by atoms with van der Waals surface area (Å²) in [6.45, 7) is 12.8. The van der Waals surface area contributed by atoms with Crippen LogP contribution in [0.4, 0.5) is 0 Å². The highest BCUT2D eigenvalue weighted by molar-refractivity contribution is 5.93. The molecule has 0 rings (SSSR count). The van der Waals surface area contributed by atoms with Gasteiger partial charge in [-0.2, -0.15) is 0 Å². The van der Waals surface area contributed by atoms with Gasteiger partial charge in [0.25, 0.3) is 0 Å². The Bertz CT molecular complexity index is 785. The second-order valence-electron chi connectivity index (χ2n) is 10.3. The summed E-state index contributed by atoms with van der Waals surface area (Å²) in [4.78, 5) is 59.7. The molecule has 0 aromatic carbocycles. The largest absolute Gasteiger partial charge is 0.375 e. The third-order valence-electron chi connectivity index (χ3n) is 5.77. The highest BCUT2D eigenvalue weighted by Crippen LogP contribution is 2.20. The molecule has 0 spiro atoms. The molecule has 0 aliphatic rings. The Labute approximate surface area is 220 Å². The predicted octanol–water partition coefficient (Wildman–Crippen LogP) is 0.143. The van der Waals surface area contributed by atoms with Crippen LogP contribution >= 0.6 is 0 Å². The first kappa shape index (κ1) is 34.3. The number of hydrogen-bond acceptors (Lipinski definition) is 7. The van der Waals surface area contributed by atoms with Crippen molar-refractivity contribution in [2.24, 2.45) is 0 Å². The van der Waals surface area contributed by atoms with E-state index in [4.69, 9.17) is 9.47 Å². The Morgan fingerprint density at radius 1 is 0.595 bits per heavy atom. The van der Waals surface area contributed by atoms with Crippen molar-refractivity contribution in [3.8, 4) is 0 Å². The van der Waals surface area contributed by atoms with Gasteiger partial charge in [0.1, 0.15) is 18.1 Å². The van der Waals surface area contributed by atoms with E-state index in [0.29, 0.717) is 25.9 Å². The number of amides is 5. The SMILES string of the molecule is CNC(=O)CCC(C)(C)OCCC(C)(C)OCCC(=O)NC(C)C(=O)N[C@@H](C)C(=O)NC(C)C(=O)NC. The molecule has 0 aliphatic carbocycles. The van der Waals surface area contributed by atoms with Gasteiger partial charge in [-0.15, -0.1) is 0 Å². The van der Waals surface area contributed by atoms with Crippen molar-refractivity contribution in [1.82, 2.24) is 26.6 Å². The third-order valence-corrected chi connectivity index (χ3v) is 5.77. The fourth-order valence-corrected chi connectivity index (χ4v) is 3.08. The van der Waals surface area contributed by atoms with E-state index in [0.717, 1.165) is 0 Å². The molecule has 2 unspecified atom stereocenters. The standard InChI is InChI=1S/C25H47N5O7/c1-16(21(33)27-9)29-23(35)18(3)30-22(34)17(2)28-20(32)11-14-36-25(6,7)13-15-37-24(4,5)12-10-19(31)26-8/h16-18H,10-15H2,1-9H3,(H,26,31)(H,27,33)(H,28,32)(H,29,35)(H,30,34)/t16?,17?,18-/m0/s1. The molecule has 0 fully saturated rings. The molecule has 0 radical (unpaired) electrons. The van der Waals surface area contributed by atoms with Gasteiger partial charge in [-0.3, -0.25) is 24.0 Å². The zero-order valence-electron chi connectivity index (χ0n) is 23.8. The average molecular weight is 530 g/mol. The first-order valence-corrected chi connectivity index (χ1v) is 12.6. The lowest BCUT2D eigenvalue weighted by atomic mass is 10.0. The maximum absolute atomic E-state index is 12.4. The molecule has 3 atom stereocenters. The number of likely N-dealkylation sites (N-methyl/N-ethyl adjacent to an activating group) is 1. The fraction of sp³-hybridized carbons (Fsp3) is 0.800. The first-order valence-electron chi connectivity index (χ1n) is 12.6. The van der Waals surface area contributed by atoms with Crippen molar-refractivity contribution in [2.45, 2.75) is 103 Å². The van der Waals surface area contributed by atoms with Crippen molar-refractivity contribution in [3.63, 3.8) is 0 Å². The van der Waals surface area contributed by atoms with Gasteiger partial charge < -0.3 is 36.1 Å². The molecule has 0 aliphatic heterocycles. The van der Waals surface area contributed by atoms with E-state index in [9.17, 15) is 24.0 Å². The van der Waals surface area contributed by atoms with Gasteiger partial charge >= 0.3 is 0 Å². The Balaban J connectivity index is 4.37. The van der Waals surface area contributed by atoms with Crippen molar-refractivity contribution >= 4 is 29.5 Å². The van der Waals surface area contributed by atoms with E-state index in [1.54, 1.807) is 7.05 Å². The number of hydrogen-bond donors (Lipinski definition) is 5. The van der Waals surface area contributed by atoms with Crippen molar-refractivity contribution < 1.29 is 33.4 Å². The molecule has 0 heterocycles. The van der Waals surface area contributed by atoms with Crippen molar-refractivity contribution in [3.05, 3.63) is 0 Å². The quantitative estimate of drug-likeness (QED) is 0.179. The van der Waals surface area contributed by atoms with E-state index >= 15 is 0 Å². The number of carbonyl (C=O) groups is 5. The molecule has 0 saturated carbocycles. The summed E-state index contributed by atoms with van der Waals surface area (Å²) in [5.74, 6) is -1.79. The van der Waals surface area contributed by atoms with Gasteiger partial charge in [0.2, 0.25) is 29.5 Å². The highest BCUT2D eigenvalue weighted by atomic mass is 16.5. The van der Waals surface area contributed by atoms with E-state index < -0.39 is 41.1 Å². The van der Waals surface area contributed by atoms with Crippen molar-refractivity contribution in [1.29, 1.82) is 0 Å². The lowest BCUT2D eigenvalue weighted by Crippen LogP contribution is -2.54. The summed E-state index contributed by atoms with van der Waals surface area (Å²) >= 11 is 0. The van der Waals surface area contributed by atoms with E-state index in [1.807, 2.05) is 27.7 Å². The predicted molar refractivity (Wildman–Crippen MR) is 139 cm³/mol. The van der Waals surface area contributed by atoms with Crippen LogP contribution in [0.1, 0.15) is 74.1 Å². The van der Waals surface area contributed by atoms with Crippen LogP contribution in [-0.4, -0.2) is 86.2 Å². The molecule has 0 saturated heterocycles. The maximum atomic E-state index is 12.4. The third kappa shape index (κ3) is 15.2. The van der Waals surface area contributed by atoms with Crippen LogP contribution in [0.15, 0.2) is 0 Å².